The first-order chi connectivity index (χ1) is 10.0. The molecule has 0 unspecified atom stereocenters. The number of carboxylic acid groups (broad SMARTS) is 1. The van der Waals surface area contributed by atoms with Gasteiger partial charge in [0.05, 0.1) is 11.4 Å². The molecule has 5 nitrogen and oxygen atoms in total. The fourth-order valence-electron chi connectivity index (χ4n) is 2.25. The molecule has 2 atom stereocenters. The smallest absolute Gasteiger partial charge is 0.480 e. The molecule has 1 heterocycles. The molecule has 0 aromatic heterocycles. The van der Waals surface area contributed by atoms with Crippen LogP contribution in [0, 0.1) is 0 Å². The Morgan fingerprint density at radius 1 is 1.23 bits per heavy atom. The second-order valence-corrected chi connectivity index (χ2v) is 6.72. The van der Waals surface area contributed by atoms with Crippen LogP contribution in [0.1, 0.15) is 6.42 Å². The predicted molar refractivity (Wildman–Crippen MR) is 68.0 cm³/mol. The van der Waals surface area contributed by atoms with Gasteiger partial charge in [-0.25, -0.2) is 17.6 Å². The molecule has 0 amide bonds. The van der Waals surface area contributed by atoms with Gasteiger partial charge < -0.3 is 10.0 Å². The Morgan fingerprint density at radius 2 is 1.77 bits per heavy atom. The standard InChI is InChI=1S/C12H11F4NO4S/c13-7-5-10(11(18)19)17(6-7)8-1-3-9(4-2-8)22(20,21)12(14,15)16/h1-4,7,10H,5-6H2,(H,18,19)/t7-,10-/m0/s1. The molecule has 1 N–H and O–H groups in total. The monoisotopic (exact) mass is 341 g/mol. The summed E-state index contributed by atoms with van der Waals surface area (Å²) < 4.78 is 73.0. The highest BCUT2D eigenvalue weighted by Gasteiger charge is 2.47. The van der Waals surface area contributed by atoms with Gasteiger partial charge in [0.2, 0.25) is 0 Å². The molecule has 1 saturated heterocycles. The number of benzene rings is 1. The molecule has 1 aliphatic heterocycles. The third-order valence-electron chi connectivity index (χ3n) is 3.32. The number of rotatable bonds is 3. The summed E-state index contributed by atoms with van der Waals surface area (Å²) in [5.74, 6) is -1.26. The highest BCUT2D eigenvalue weighted by atomic mass is 32.2. The third kappa shape index (κ3) is 2.87. The van der Waals surface area contributed by atoms with Crippen molar-refractivity contribution in [3.05, 3.63) is 24.3 Å². The summed E-state index contributed by atoms with van der Waals surface area (Å²) in [4.78, 5) is 11.3. The van der Waals surface area contributed by atoms with Crippen LogP contribution >= 0.6 is 0 Å². The lowest BCUT2D eigenvalue weighted by Crippen LogP contribution is -2.35. The van der Waals surface area contributed by atoms with E-state index in [0.29, 0.717) is 0 Å². The van der Waals surface area contributed by atoms with Crippen molar-refractivity contribution in [1.29, 1.82) is 0 Å². The molecular formula is C12H11F4NO4S. The minimum Gasteiger partial charge on any atom is -0.480 e. The number of aliphatic carboxylic acids is 1. The van der Waals surface area contributed by atoms with Crippen molar-refractivity contribution in [3.63, 3.8) is 0 Å². The van der Waals surface area contributed by atoms with Crippen LogP contribution in [0.15, 0.2) is 29.2 Å². The Labute approximate surface area is 123 Å². The van der Waals surface area contributed by atoms with Crippen LogP contribution in [0.5, 0.6) is 0 Å². The van der Waals surface area contributed by atoms with Gasteiger partial charge in [-0.05, 0) is 24.3 Å². The lowest BCUT2D eigenvalue weighted by atomic mass is 10.2. The minimum atomic E-state index is -5.47. The van der Waals surface area contributed by atoms with Crippen molar-refractivity contribution in [1.82, 2.24) is 0 Å². The SMILES string of the molecule is O=C(O)[C@@H]1C[C@H](F)CN1c1ccc(S(=O)(=O)C(F)(F)F)cc1. The van der Waals surface area contributed by atoms with Gasteiger partial charge >= 0.3 is 11.5 Å². The van der Waals surface area contributed by atoms with E-state index in [1.807, 2.05) is 0 Å². The molecule has 22 heavy (non-hydrogen) atoms. The van der Waals surface area contributed by atoms with Gasteiger partial charge in [0.25, 0.3) is 9.84 Å². The third-order valence-corrected chi connectivity index (χ3v) is 4.82. The molecule has 0 saturated carbocycles. The molecule has 1 aromatic carbocycles. The zero-order valence-electron chi connectivity index (χ0n) is 10.9. The lowest BCUT2D eigenvalue weighted by molar-refractivity contribution is -0.138. The number of sulfone groups is 1. The first-order valence-corrected chi connectivity index (χ1v) is 7.57. The molecule has 0 spiro atoms. The summed E-state index contributed by atoms with van der Waals surface area (Å²) in [7, 11) is -5.47. The van der Waals surface area contributed by atoms with Crippen molar-refractivity contribution in [3.8, 4) is 0 Å². The van der Waals surface area contributed by atoms with Crippen LogP contribution in [0.2, 0.25) is 0 Å². The molecule has 1 fully saturated rings. The number of carboxylic acids is 1. The predicted octanol–water partition coefficient (Wildman–Crippen LogP) is 1.98. The number of hydrogen-bond acceptors (Lipinski definition) is 4. The van der Waals surface area contributed by atoms with E-state index < -0.39 is 38.4 Å². The first kappa shape index (κ1) is 16.5. The van der Waals surface area contributed by atoms with Crippen LogP contribution < -0.4 is 4.90 Å². The average Bonchev–Trinajstić information content (AvgIpc) is 2.80. The Bertz CT molecular complexity index is 671. The van der Waals surface area contributed by atoms with Crippen molar-refractivity contribution >= 4 is 21.5 Å². The molecular weight excluding hydrogens is 330 g/mol. The van der Waals surface area contributed by atoms with Crippen molar-refractivity contribution in [2.75, 3.05) is 11.4 Å². The van der Waals surface area contributed by atoms with E-state index in [1.165, 1.54) is 4.90 Å². The van der Waals surface area contributed by atoms with Gasteiger partial charge in [-0.1, -0.05) is 0 Å². The number of nitrogens with zero attached hydrogens (tertiary/aromatic N) is 1. The first-order valence-electron chi connectivity index (χ1n) is 6.09. The van der Waals surface area contributed by atoms with Gasteiger partial charge in [-0.3, -0.25) is 0 Å². The van der Waals surface area contributed by atoms with Crippen molar-refractivity contribution in [2.45, 2.75) is 29.0 Å². The number of alkyl halides is 4. The van der Waals surface area contributed by atoms with Gasteiger partial charge in [0.1, 0.15) is 12.2 Å². The highest BCUT2D eigenvalue weighted by Crippen LogP contribution is 2.33. The van der Waals surface area contributed by atoms with E-state index in [9.17, 15) is 30.8 Å². The molecule has 122 valence electrons. The Hall–Kier alpha value is -1.84. The van der Waals surface area contributed by atoms with Crippen LogP contribution in [-0.2, 0) is 14.6 Å². The van der Waals surface area contributed by atoms with E-state index in [4.69, 9.17) is 5.11 Å². The molecule has 2 rings (SSSR count). The fourth-order valence-corrected chi connectivity index (χ4v) is 3.02. The van der Waals surface area contributed by atoms with Gasteiger partial charge in [0, 0.05) is 12.1 Å². The average molecular weight is 341 g/mol. The number of carbonyl (C=O) groups is 1. The van der Waals surface area contributed by atoms with Gasteiger partial charge in [0.15, 0.2) is 0 Å². The van der Waals surface area contributed by atoms with Crippen LogP contribution in [0.25, 0.3) is 0 Å². The number of hydrogen-bond donors (Lipinski definition) is 1. The van der Waals surface area contributed by atoms with Crippen molar-refractivity contribution in [2.24, 2.45) is 0 Å². The lowest BCUT2D eigenvalue weighted by Gasteiger charge is -2.23. The normalized spacial score (nSPS) is 22.8. The summed E-state index contributed by atoms with van der Waals surface area (Å²) >= 11 is 0. The summed E-state index contributed by atoms with van der Waals surface area (Å²) in [6.45, 7) is -0.220. The quantitative estimate of drug-likeness (QED) is 0.851. The molecule has 1 aliphatic rings. The van der Waals surface area contributed by atoms with Crippen LogP contribution in [0.3, 0.4) is 0 Å². The summed E-state index contributed by atoms with van der Waals surface area (Å²) in [6.07, 6.45) is -1.61. The minimum absolute atomic E-state index is 0.147. The fraction of sp³-hybridized carbons (Fsp3) is 0.417. The van der Waals surface area contributed by atoms with Crippen LogP contribution in [-0.4, -0.2) is 43.8 Å². The van der Waals surface area contributed by atoms with E-state index >= 15 is 0 Å². The summed E-state index contributed by atoms with van der Waals surface area (Å²) in [5, 5.41) is 9.00. The second kappa shape index (κ2) is 5.41. The topological polar surface area (TPSA) is 74.7 Å². The Balaban J connectivity index is 2.32. The van der Waals surface area contributed by atoms with E-state index in [0.717, 1.165) is 24.3 Å². The Morgan fingerprint density at radius 3 is 2.23 bits per heavy atom. The molecule has 0 aliphatic carbocycles. The number of anilines is 1. The van der Waals surface area contributed by atoms with Crippen molar-refractivity contribution < 1.29 is 35.9 Å². The van der Waals surface area contributed by atoms with Gasteiger partial charge in [-0.15, -0.1) is 0 Å². The zero-order chi connectivity index (χ0) is 16.7. The molecule has 10 heteroatoms. The Kier molecular flexibility index (Phi) is 4.07. The number of halogens is 4. The maximum Gasteiger partial charge on any atom is 0.501 e. The maximum atomic E-state index is 13.3. The highest BCUT2D eigenvalue weighted by molar-refractivity contribution is 7.92. The summed E-state index contributed by atoms with van der Waals surface area (Å²) in [6, 6.07) is 2.38. The molecule has 0 bridgehead atoms. The van der Waals surface area contributed by atoms with E-state index in [1.54, 1.807) is 0 Å². The zero-order valence-corrected chi connectivity index (χ0v) is 11.7. The van der Waals surface area contributed by atoms with Crippen LogP contribution in [0.4, 0.5) is 23.2 Å². The molecule has 0 radical (unpaired) electrons. The second-order valence-electron chi connectivity index (χ2n) is 4.78. The summed E-state index contributed by atoms with van der Waals surface area (Å²) in [5.41, 5.74) is -5.27. The maximum absolute atomic E-state index is 13.3. The van der Waals surface area contributed by atoms with E-state index in [-0.39, 0.29) is 18.7 Å². The molecule has 1 aromatic rings. The largest absolute Gasteiger partial charge is 0.501 e. The van der Waals surface area contributed by atoms with Gasteiger partial charge in [-0.2, -0.15) is 13.2 Å². The van der Waals surface area contributed by atoms with E-state index in [2.05, 4.69) is 0 Å².